The van der Waals surface area contributed by atoms with E-state index < -0.39 is 28.4 Å². The van der Waals surface area contributed by atoms with E-state index in [-0.39, 0.29) is 12.2 Å². The lowest BCUT2D eigenvalue weighted by Crippen LogP contribution is -2.29. The molecule has 35 heavy (non-hydrogen) atoms. The number of carbonyl (C=O) groups excluding carboxylic acids is 1. The molecule has 3 aromatic rings. The Bertz CT molecular complexity index is 1360. The number of esters is 1. The molecule has 0 saturated carbocycles. The predicted octanol–water partition coefficient (Wildman–Crippen LogP) is 4.86. The van der Waals surface area contributed by atoms with Crippen molar-refractivity contribution in [3.05, 3.63) is 92.7 Å². The number of rotatable bonds is 8. The minimum absolute atomic E-state index is 0.0127. The zero-order valence-electron chi connectivity index (χ0n) is 18.5. The fourth-order valence-corrected chi connectivity index (χ4v) is 4.71. The van der Waals surface area contributed by atoms with Crippen molar-refractivity contribution in [1.29, 1.82) is 0 Å². The van der Waals surface area contributed by atoms with Crippen molar-refractivity contribution < 1.29 is 19.6 Å². The zero-order valence-corrected chi connectivity index (χ0v) is 20.0. The summed E-state index contributed by atoms with van der Waals surface area (Å²) in [4.78, 5) is 28.2. The molecule has 1 unspecified atom stereocenters. The van der Waals surface area contributed by atoms with Crippen LogP contribution >= 0.6 is 23.4 Å². The zero-order chi connectivity index (χ0) is 25.1. The number of phenolic OH excluding ortho intramolecular Hbond substituents is 1. The summed E-state index contributed by atoms with van der Waals surface area (Å²) in [5, 5.41) is 30.0. The Morgan fingerprint density at radius 3 is 2.89 bits per heavy atom. The highest BCUT2D eigenvalue weighted by molar-refractivity contribution is 7.98. The van der Waals surface area contributed by atoms with Crippen LogP contribution in [-0.4, -0.2) is 37.4 Å². The quantitative estimate of drug-likeness (QED) is 0.142. The van der Waals surface area contributed by atoms with Gasteiger partial charge in [-0.3, -0.25) is 10.1 Å². The third-order valence-corrected chi connectivity index (χ3v) is 6.47. The molecule has 0 spiro atoms. The van der Waals surface area contributed by atoms with E-state index in [1.165, 1.54) is 40.7 Å². The predicted molar refractivity (Wildman–Crippen MR) is 131 cm³/mol. The van der Waals surface area contributed by atoms with Crippen LogP contribution in [-0.2, 0) is 15.3 Å². The summed E-state index contributed by atoms with van der Waals surface area (Å²) in [5.74, 6) is -0.259. The smallest absolute Gasteiger partial charge is 0.338 e. The average molecular weight is 514 g/mol. The van der Waals surface area contributed by atoms with Crippen molar-refractivity contribution in [2.75, 3.05) is 11.9 Å². The van der Waals surface area contributed by atoms with Gasteiger partial charge in [0.25, 0.3) is 0 Å². The number of hydrogen-bond acceptors (Lipinski definition) is 9. The van der Waals surface area contributed by atoms with E-state index in [0.29, 0.717) is 33.1 Å². The van der Waals surface area contributed by atoms with Crippen LogP contribution in [0.15, 0.2) is 71.5 Å². The molecule has 1 aromatic heterocycles. The van der Waals surface area contributed by atoms with E-state index >= 15 is 0 Å². The minimum atomic E-state index is -0.884. The Hall–Kier alpha value is -3.83. The van der Waals surface area contributed by atoms with E-state index in [1.54, 1.807) is 13.0 Å². The van der Waals surface area contributed by atoms with Gasteiger partial charge >= 0.3 is 11.7 Å². The van der Waals surface area contributed by atoms with Crippen molar-refractivity contribution >= 4 is 41.0 Å². The van der Waals surface area contributed by atoms with Crippen LogP contribution in [0.3, 0.4) is 0 Å². The molecule has 1 aliphatic heterocycles. The van der Waals surface area contributed by atoms with Crippen LogP contribution < -0.4 is 5.32 Å². The molecule has 2 aromatic carbocycles. The summed E-state index contributed by atoms with van der Waals surface area (Å²) < 4.78 is 6.75. The van der Waals surface area contributed by atoms with E-state index in [2.05, 4.69) is 22.0 Å². The summed E-state index contributed by atoms with van der Waals surface area (Å²) >= 11 is 7.60. The van der Waals surface area contributed by atoms with Gasteiger partial charge in [-0.2, -0.15) is 4.98 Å². The van der Waals surface area contributed by atoms with Crippen LogP contribution in [0.25, 0.3) is 0 Å². The lowest BCUT2D eigenvalue weighted by atomic mass is 9.95. The number of anilines is 1. The van der Waals surface area contributed by atoms with Gasteiger partial charge < -0.3 is 15.2 Å². The second-order valence-electron chi connectivity index (χ2n) is 7.50. The van der Waals surface area contributed by atoms with Gasteiger partial charge in [0.15, 0.2) is 5.75 Å². The number of aromatic nitrogens is 3. The Balaban J connectivity index is 1.75. The van der Waals surface area contributed by atoms with Crippen LogP contribution in [0, 0.1) is 10.1 Å². The number of carbonyl (C=O) groups is 1. The first-order valence-corrected chi connectivity index (χ1v) is 11.7. The molecular weight excluding hydrogens is 494 g/mol. The number of nitrogens with zero attached hydrogens (tertiary/aromatic N) is 4. The molecule has 2 N–H and O–H groups in total. The number of thioether (sulfide) groups is 1. The highest BCUT2D eigenvalue weighted by Crippen LogP contribution is 2.39. The normalized spacial score (nSPS) is 14.7. The van der Waals surface area contributed by atoms with Crippen molar-refractivity contribution in [1.82, 2.24) is 14.8 Å². The summed E-state index contributed by atoms with van der Waals surface area (Å²) in [6.45, 7) is 5.22. The number of halogens is 1. The highest BCUT2D eigenvalue weighted by Gasteiger charge is 2.36. The Morgan fingerprint density at radius 2 is 2.17 bits per heavy atom. The maximum atomic E-state index is 13.0. The van der Waals surface area contributed by atoms with E-state index in [0.717, 1.165) is 5.56 Å². The van der Waals surface area contributed by atoms with Crippen LogP contribution in [0.2, 0.25) is 5.02 Å². The number of hydrogen-bond donors (Lipinski definition) is 2. The molecule has 10 nitrogen and oxygen atoms in total. The second kappa shape index (κ2) is 10.2. The number of ether oxygens (including phenoxy) is 1. The summed E-state index contributed by atoms with van der Waals surface area (Å²) in [7, 11) is 0. The van der Waals surface area contributed by atoms with Crippen LogP contribution in [0.5, 0.6) is 5.75 Å². The van der Waals surface area contributed by atoms with Crippen molar-refractivity contribution in [2.45, 2.75) is 23.9 Å². The molecule has 0 saturated heterocycles. The van der Waals surface area contributed by atoms with Gasteiger partial charge in [0.1, 0.15) is 12.6 Å². The number of nitro groups is 1. The topological polar surface area (TPSA) is 132 Å². The number of fused-ring (bicyclic) bond motifs is 1. The minimum Gasteiger partial charge on any atom is -0.502 e. The fourth-order valence-electron chi connectivity index (χ4n) is 3.59. The third-order valence-electron chi connectivity index (χ3n) is 5.21. The molecule has 1 aliphatic rings. The van der Waals surface area contributed by atoms with E-state index in [4.69, 9.17) is 16.3 Å². The largest absolute Gasteiger partial charge is 0.502 e. The van der Waals surface area contributed by atoms with E-state index in [1.807, 2.05) is 18.2 Å². The summed E-state index contributed by atoms with van der Waals surface area (Å²) in [5.41, 5.74) is 1.44. The van der Waals surface area contributed by atoms with Gasteiger partial charge in [0.2, 0.25) is 11.1 Å². The molecule has 4 rings (SSSR count). The van der Waals surface area contributed by atoms with Gasteiger partial charge in [-0.1, -0.05) is 60.3 Å². The van der Waals surface area contributed by atoms with Crippen LogP contribution in [0.4, 0.5) is 11.6 Å². The van der Waals surface area contributed by atoms with Gasteiger partial charge in [-0.15, -0.1) is 5.10 Å². The first-order chi connectivity index (χ1) is 16.8. The number of aromatic hydroxyl groups is 1. The molecular formula is C23H20ClN5O5S. The van der Waals surface area contributed by atoms with Gasteiger partial charge in [0, 0.05) is 22.5 Å². The lowest BCUT2D eigenvalue weighted by molar-refractivity contribution is -0.385. The fraction of sp³-hybridized carbons (Fsp3) is 0.174. The average Bonchev–Trinajstić information content (AvgIpc) is 3.23. The second-order valence-corrected chi connectivity index (χ2v) is 8.85. The Labute approximate surface area is 209 Å². The summed E-state index contributed by atoms with van der Waals surface area (Å²) in [6.07, 6.45) is 1.44. The molecule has 0 amide bonds. The van der Waals surface area contributed by atoms with Crippen LogP contribution in [0.1, 0.15) is 24.1 Å². The van der Waals surface area contributed by atoms with Gasteiger partial charge in [-0.05, 0) is 30.2 Å². The molecule has 0 fully saturated rings. The summed E-state index contributed by atoms with van der Waals surface area (Å²) in [6, 6.07) is 10.5. The number of benzene rings is 2. The van der Waals surface area contributed by atoms with Crippen molar-refractivity contribution in [3.63, 3.8) is 0 Å². The number of nitrogens with one attached hydrogen (secondary N) is 1. The molecule has 2 heterocycles. The Kier molecular flexibility index (Phi) is 7.08. The maximum absolute atomic E-state index is 13.0. The first-order valence-electron chi connectivity index (χ1n) is 10.4. The molecule has 0 radical (unpaired) electrons. The third kappa shape index (κ3) is 5.00. The number of nitro benzene ring substituents is 1. The SMILES string of the molecule is C=CCOC(=O)C1=C(C)Nc2nc(SCc3ccccc3Cl)nn2C1c1ccc(O)c([N+](=O)[O-])c1. The highest BCUT2D eigenvalue weighted by atomic mass is 35.5. The van der Waals surface area contributed by atoms with Gasteiger partial charge in [0.05, 0.1) is 10.5 Å². The molecule has 12 heteroatoms. The molecule has 1 atom stereocenters. The van der Waals surface area contributed by atoms with Crippen molar-refractivity contribution in [2.24, 2.45) is 0 Å². The Morgan fingerprint density at radius 1 is 1.40 bits per heavy atom. The maximum Gasteiger partial charge on any atom is 0.338 e. The number of allylic oxidation sites excluding steroid dienone is 1. The first kappa shape index (κ1) is 24.3. The monoisotopic (exact) mass is 513 g/mol. The molecule has 0 aliphatic carbocycles. The molecule has 180 valence electrons. The van der Waals surface area contributed by atoms with Crippen molar-refractivity contribution in [3.8, 4) is 5.75 Å². The lowest BCUT2D eigenvalue weighted by Gasteiger charge is -2.28. The number of phenols is 1. The standard InChI is InChI=1S/C23H20ClN5O5S/c1-3-10-34-21(31)19-13(2)25-22-26-23(35-12-15-6-4-5-7-16(15)24)27-28(22)20(19)14-8-9-18(30)17(11-14)29(32)33/h3-9,11,20,30H,1,10,12H2,2H3,(H,25,26,27). The van der Waals surface area contributed by atoms with E-state index in [9.17, 15) is 20.0 Å². The van der Waals surface area contributed by atoms with Gasteiger partial charge in [-0.25, -0.2) is 9.48 Å². The molecule has 0 bridgehead atoms.